The van der Waals surface area contributed by atoms with Crippen LogP contribution in [0.1, 0.15) is 12.0 Å². The molecule has 1 N–H and O–H groups in total. The van der Waals surface area contributed by atoms with Crippen molar-refractivity contribution < 1.29 is 4.84 Å². The van der Waals surface area contributed by atoms with Crippen molar-refractivity contribution in [3.05, 3.63) is 66.8 Å². The van der Waals surface area contributed by atoms with Gasteiger partial charge >= 0.3 is 0 Å². The molecule has 19 heavy (non-hydrogen) atoms. The van der Waals surface area contributed by atoms with Crippen LogP contribution < -0.4 is 5.48 Å². The topological polar surface area (TPSA) is 21.3 Å². The lowest BCUT2D eigenvalue weighted by atomic mass is 10.0. The zero-order valence-corrected chi connectivity index (χ0v) is 11.2. The van der Waals surface area contributed by atoms with E-state index in [0.717, 1.165) is 6.42 Å². The highest BCUT2D eigenvalue weighted by atomic mass is 16.6. The molecule has 0 aliphatic heterocycles. The fraction of sp³-hybridized carbons (Fsp3) is 0.176. The van der Waals surface area contributed by atoms with Crippen molar-refractivity contribution in [1.82, 2.24) is 5.48 Å². The van der Waals surface area contributed by atoms with E-state index in [-0.39, 0.29) is 6.04 Å². The van der Waals surface area contributed by atoms with Crippen LogP contribution in [0.4, 0.5) is 0 Å². The van der Waals surface area contributed by atoms with Crippen molar-refractivity contribution in [3.63, 3.8) is 0 Å². The third-order valence-electron chi connectivity index (χ3n) is 3.02. The normalized spacial score (nSPS) is 12.9. The fourth-order valence-electron chi connectivity index (χ4n) is 2.11. The number of hydrogen-bond acceptors (Lipinski definition) is 2. The minimum atomic E-state index is 0.140. The van der Waals surface area contributed by atoms with Crippen LogP contribution in [-0.4, -0.2) is 13.2 Å². The molecule has 0 heterocycles. The maximum atomic E-state index is 4.98. The molecule has 0 amide bonds. The Labute approximate surface area is 114 Å². The van der Waals surface area contributed by atoms with E-state index in [0.29, 0.717) is 0 Å². The minimum absolute atomic E-state index is 0.140. The molecular formula is C17H19NO. The third-order valence-corrected chi connectivity index (χ3v) is 3.02. The number of nitrogens with one attached hydrogen (secondary N) is 1. The Kier molecular flexibility index (Phi) is 4.90. The van der Waals surface area contributed by atoms with E-state index < -0.39 is 0 Å². The lowest BCUT2D eigenvalue weighted by Crippen LogP contribution is -2.25. The predicted octanol–water partition coefficient (Wildman–Crippen LogP) is 3.95. The van der Waals surface area contributed by atoms with Gasteiger partial charge in [-0.05, 0) is 22.8 Å². The highest BCUT2D eigenvalue weighted by molar-refractivity contribution is 5.90. The van der Waals surface area contributed by atoms with Gasteiger partial charge in [0.15, 0.2) is 0 Å². The highest BCUT2D eigenvalue weighted by Crippen LogP contribution is 2.19. The van der Waals surface area contributed by atoms with Crippen molar-refractivity contribution in [3.8, 4) is 0 Å². The van der Waals surface area contributed by atoms with Crippen LogP contribution in [0.5, 0.6) is 0 Å². The first kappa shape index (κ1) is 13.5. The van der Waals surface area contributed by atoms with Crippen LogP contribution in [0.25, 0.3) is 16.8 Å². The second kappa shape index (κ2) is 6.88. The molecule has 0 fully saturated rings. The highest BCUT2D eigenvalue weighted by Gasteiger charge is 2.01. The van der Waals surface area contributed by atoms with Gasteiger partial charge in [0.05, 0.1) is 13.2 Å². The third kappa shape index (κ3) is 3.53. The first-order valence-corrected chi connectivity index (χ1v) is 6.40. The fourth-order valence-corrected chi connectivity index (χ4v) is 2.11. The molecule has 2 aromatic rings. The molecule has 0 aliphatic carbocycles. The zero-order chi connectivity index (χ0) is 13.5. The summed E-state index contributed by atoms with van der Waals surface area (Å²) in [6, 6.07) is 14.9. The Hall–Kier alpha value is -1.90. The number of benzene rings is 2. The Bertz CT molecular complexity index is 569. The van der Waals surface area contributed by atoms with Gasteiger partial charge in [-0.1, -0.05) is 60.7 Å². The van der Waals surface area contributed by atoms with Crippen LogP contribution in [0, 0.1) is 0 Å². The lowest BCUT2D eigenvalue weighted by molar-refractivity contribution is 0.0746. The number of hydroxylamine groups is 1. The molecular weight excluding hydrogens is 234 g/mol. The van der Waals surface area contributed by atoms with E-state index in [9.17, 15) is 0 Å². The van der Waals surface area contributed by atoms with E-state index in [1.54, 1.807) is 7.11 Å². The van der Waals surface area contributed by atoms with Gasteiger partial charge in [-0.25, -0.2) is 0 Å². The average Bonchev–Trinajstić information content (AvgIpc) is 2.45. The Morgan fingerprint density at radius 3 is 2.79 bits per heavy atom. The van der Waals surface area contributed by atoms with Crippen molar-refractivity contribution in [1.29, 1.82) is 0 Å². The Balaban J connectivity index is 2.26. The summed E-state index contributed by atoms with van der Waals surface area (Å²) in [5, 5.41) is 2.51. The molecule has 0 saturated carbocycles. The average molecular weight is 253 g/mol. The minimum Gasteiger partial charge on any atom is -0.305 e. The van der Waals surface area contributed by atoms with Gasteiger partial charge in [-0.3, -0.25) is 0 Å². The molecule has 2 rings (SSSR count). The standard InChI is InChI=1S/C17H19NO/c1-3-7-16(18-19-2)13-12-15-10-6-9-14-8-4-5-11-17(14)15/h3-6,8-13,16,18H,1,7H2,2H3/b13-12+. The largest absolute Gasteiger partial charge is 0.305 e. The van der Waals surface area contributed by atoms with Crippen molar-refractivity contribution in [2.75, 3.05) is 7.11 Å². The summed E-state index contributed by atoms with van der Waals surface area (Å²) in [6.07, 6.45) is 6.94. The summed E-state index contributed by atoms with van der Waals surface area (Å²) >= 11 is 0. The first-order valence-electron chi connectivity index (χ1n) is 6.40. The van der Waals surface area contributed by atoms with Gasteiger partial charge in [0, 0.05) is 0 Å². The van der Waals surface area contributed by atoms with Gasteiger partial charge in [0.2, 0.25) is 0 Å². The summed E-state index contributed by atoms with van der Waals surface area (Å²) < 4.78 is 0. The molecule has 98 valence electrons. The van der Waals surface area contributed by atoms with Gasteiger partial charge in [0.1, 0.15) is 0 Å². The van der Waals surface area contributed by atoms with E-state index in [4.69, 9.17) is 4.84 Å². The molecule has 0 aliphatic rings. The van der Waals surface area contributed by atoms with Gasteiger partial charge in [-0.15, -0.1) is 6.58 Å². The summed E-state index contributed by atoms with van der Waals surface area (Å²) in [5.74, 6) is 0. The van der Waals surface area contributed by atoms with Crippen molar-refractivity contribution in [2.45, 2.75) is 12.5 Å². The second-order valence-electron chi connectivity index (χ2n) is 4.38. The maximum Gasteiger partial charge on any atom is 0.0572 e. The molecule has 2 heteroatoms. The van der Waals surface area contributed by atoms with Crippen molar-refractivity contribution in [2.24, 2.45) is 0 Å². The molecule has 0 bridgehead atoms. The van der Waals surface area contributed by atoms with Crippen LogP contribution in [0.3, 0.4) is 0 Å². The van der Waals surface area contributed by atoms with Gasteiger partial charge in [-0.2, -0.15) is 5.48 Å². The predicted molar refractivity (Wildman–Crippen MR) is 81.7 cm³/mol. The molecule has 2 nitrogen and oxygen atoms in total. The van der Waals surface area contributed by atoms with Crippen LogP contribution in [0.15, 0.2) is 61.2 Å². The van der Waals surface area contributed by atoms with Crippen molar-refractivity contribution >= 4 is 16.8 Å². The quantitative estimate of drug-likeness (QED) is 0.621. The number of fused-ring (bicyclic) bond motifs is 1. The molecule has 0 spiro atoms. The summed E-state index contributed by atoms with van der Waals surface area (Å²) in [5.41, 5.74) is 4.16. The smallest absolute Gasteiger partial charge is 0.0572 e. The summed E-state index contributed by atoms with van der Waals surface area (Å²) in [6.45, 7) is 3.76. The number of rotatable bonds is 6. The van der Waals surface area contributed by atoms with E-state index in [2.05, 4.69) is 66.7 Å². The monoisotopic (exact) mass is 253 g/mol. The molecule has 1 unspecified atom stereocenters. The van der Waals surface area contributed by atoms with Crippen LogP contribution in [-0.2, 0) is 4.84 Å². The zero-order valence-electron chi connectivity index (χ0n) is 11.2. The molecule has 1 atom stereocenters. The van der Waals surface area contributed by atoms with Gasteiger partial charge < -0.3 is 4.84 Å². The van der Waals surface area contributed by atoms with E-state index >= 15 is 0 Å². The van der Waals surface area contributed by atoms with Crippen LogP contribution >= 0.6 is 0 Å². The molecule has 2 aromatic carbocycles. The van der Waals surface area contributed by atoms with E-state index in [1.807, 2.05) is 6.08 Å². The maximum absolute atomic E-state index is 4.98. The van der Waals surface area contributed by atoms with Gasteiger partial charge in [0.25, 0.3) is 0 Å². The summed E-state index contributed by atoms with van der Waals surface area (Å²) in [4.78, 5) is 4.98. The van der Waals surface area contributed by atoms with E-state index in [1.165, 1.54) is 16.3 Å². The Morgan fingerprint density at radius 1 is 1.21 bits per heavy atom. The molecule has 0 saturated heterocycles. The summed E-state index contributed by atoms with van der Waals surface area (Å²) in [7, 11) is 1.63. The molecule has 0 radical (unpaired) electrons. The number of hydrogen-bond donors (Lipinski definition) is 1. The Morgan fingerprint density at radius 2 is 2.00 bits per heavy atom. The second-order valence-corrected chi connectivity index (χ2v) is 4.38. The van der Waals surface area contributed by atoms with Crippen LogP contribution in [0.2, 0.25) is 0 Å². The first-order chi connectivity index (χ1) is 9.35. The SMILES string of the molecule is C=CCC(/C=C/c1cccc2ccccc12)NOC. The lowest BCUT2D eigenvalue weighted by Gasteiger charge is -2.10. The molecule has 0 aromatic heterocycles.